The lowest BCUT2D eigenvalue weighted by Gasteiger charge is -2.28. The van der Waals surface area contributed by atoms with E-state index in [1.165, 1.54) is 37.4 Å². The summed E-state index contributed by atoms with van der Waals surface area (Å²) in [5.74, 6) is -1.21. The predicted octanol–water partition coefficient (Wildman–Crippen LogP) is 2.94. The molecule has 0 spiro atoms. The highest BCUT2D eigenvalue weighted by molar-refractivity contribution is 5.91. The lowest BCUT2D eigenvalue weighted by molar-refractivity contribution is -0.384. The molecule has 8 nitrogen and oxygen atoms in total. The molecule has 0 aromatic heterocycles. The number of nitro groups is 1. The van der Waals surface area contributed by atoms with Gasteiger partial charge in [-0.05, 0) is 29.8 Å². The van der Waals surface area contributed by atoms with E-state index in [0.29, 0.717) is 37.6 Å². The molecule has 2 aromatic carbocycles. The van der Waals surface area contributed by atoms with Crippen molar-refractivity contribution in [2.75, 3.05) is 38.3 Å². The Morgan fingerprint density at radius 1 is 1.25 bits per heavy atom. The minimum atomic E-state index is -0.729. The maximum absolute atomic E-state index is 13.7. The van der Waals surface area contributed by atoms with Gasteiger partial charge < -0.3 is 19.1 Å². The normalized spacial score (nSPS) is 13.9. The standard InChI is InChI=1S/C19H19FN2O6/c1-26-18-5-2-13(10-15(18)20)12-28-19(23)14-3-4-16(17(11-14)22(24)25)21-6-8-27-9-7-21/h2-5,10-11H,6-9,12H2,1H3. The lowest BCUT2D eigenvalue weighted by atomic mass is 10.1. The lowest BCUT2D eigenvalue weighted by Crippen LogP contribution is -2.36. The summed E-state index contributed by atoms with van der Waals surface area (Å²) in [5.41, 5.74) is 0.748. The molecule has 2 aromatic rings. The van der Waals surface area contributed by atoms with Crippen LogP contribution in [0.4, 0.5) is 15.8 Å². The van der Waals surface area contributed by atoms with Crippen molar-refractivity contribution in [3.8, 4) is 5.75 Å². The number of hydrogen-bond donors (Lipinski definition) is 0. The summed E-state index contributed by atoms with van der Waals surface area (Å²) < 4.78 is 29.0. The molecule has 148 valence electrons. The van der Waals surface area contributed by atoms with Crippen molar-refractivity contribution in [1.29, 1.82) is 0 Å². The second-order valence-electron chi connectivity index (χ2n) is 6.11. The highest BCUT2D eigenvalue weighted by atomic mass is 19.1. The van der Waals surface area contributed by atoms with E-state index in [1.54, 1.807) is 6.07 Å². The van der Waals surface area contributed by atoms with Crippen molar-refractivity contribution < 1.29 is 28.3 Å². The molecule has 0 N–H and O–H groups in total. The minimum Gasteiger partial charge on any atom is -0.494 e. The fourth-order valence-electron chi connectivity index (χ4n) is 2.90. The molecule has 0 radical (unpaired) electrons. The van der Waals surface area contributed by atoms with E-state index in [9.17, 15) is 19.3 Å². The number of esters is 1. The Labute approximate surface area is 160 Å². The highest BCUT2D eigenvalue weighted by Crippen LogP contribution is 2.30. The summed E-state index contributed by atoms with van der Waals surface area (Å²) in [6, 6.07) is 8.42. The summed E-state index contributed by atoms with van der Waals surface area (Å²) in [7, 11) is 1.35. The van der Waals surface area contributed by atoms with Crippen LogP contribution in [0.25, 0.3) is 0 Å². The number of nitro benzene ring substituents is 1. The molecular weight excluding hydrogens is 371 g/mol. The van der Waals surface area contributed by atoms with E-state index in [1.807, 2.05) is 4.90 Å². The largest absolute Gasteiger partial charge is 0.494 e. The van der Waals surface area contributed by atoms with Crippen molar-refractivity contribution in [2.45, 2.75) is 6.61 Å². The summed E-state index contributed by atoms with van der Waals surface area (Å²) in [6.45, 7) is 1.87. The van der Waals surface area contributed by atoms with Gasteiger partial charge in [-0.15, -0.1) is 0 Å². The molecule has 1 heterocycles. The zero-order valence-corrected chi connectivity index (χ0v) is 15.2. The van der Waals surface area contributed by atoms with Gasteiger partial charge in [-0.2, -0.15) is 0 Å². The summed E-state index contributed by atoms with van der Waals surface area (Å²) in [4.78, 5) is 25.1. The highest BCUT2D eigenvalue weighted by Gasteiger charge is 2.23. The number of benzene rings is 2. The number of anilines is 1. The van der Waals surface area contributed by atoms with Gasteiger partial charge in [0.1, 0.15) is 12.3 Å². The van der Waals surface area contributed by atoms with Crippen molar-refractivity contribution in [1.82, 2.24) is 0 Å². The maximum atomic E-state index is 13.7. The van der Waals surface area contributed by atoms with Crippen molar-refractivity contribution >= 4 is 17.3 Å². The van der Waals surface area contributed by atoms with Gasteiger partial charge in [-0.3, -0.25) is 10.1 Å². The van der Waals surface area contributed by atoms with E-state index in [4.69, 9.17) is 14.2 Å². The zero-order chi connectivity index (χ0) is 20.1. The Balaban J connectivity index is 1.73. The van der Waals surface area contributed by atoms with Gasteiger partial charge in [0, 0.05) is 19.2 Å². The van der Waals surface area contributed by atoms with Crippen molar-refractivity contribution in [2.24, 2.45) is 0 Å². The Hall–Kier alpha value is -3.20. The Kier molecular flexibility index (Phi) is 6.05. The van der Waals surface area contributed by atoms with Crippen molar-refractivity contribution in [3.05, 3.63) is 63.5 Å². The molecule has 3 rings (SSSR count). The van der Waals surface area contributed by atoms with Gasteiger partial charge in [0.15, 0.2) is 11.6 Å². The smallest absolute Gasteiger partial charge is 0.338 e. The molecule has 0 aliphatic carbocycles. The quantitative estimate of drug-likeness (QED) is 0.425. The van der Waals surface area contributed by atoms with Gasteiger partial charge in [-0.25, -0.2) is 9.18 Å². The molecule has 0 atom stereocenters. The third-order valence-electron chi connectivity index (χ3n) is 4.35. The van der Waals surface area contributed by atoms with Crippen LogP contribution in [0.1, 0.15) is 15.9 Å². The average Bonchev–Trinajstić information content (AvgIpc) is 2.72. The fraction of sp³-hybridized carbons (Fsp3) is 0.316. The first-order valence-electron chi connectivity index (χ1n) is 8.60. The Bertz CT molecular complexity index is 883. The molecule has 1 saturated heterocycles. The molecule has 0 amide bonds. The molecule has 28 heavy (non-hydrogen) atoms. The monoisotopic (exact) mass is 390 g/mol. The number of carbonyl (C=O) groups excluding carboxylic acids is 1. The summed E-state index contributed by atoms with van der Waals surface area (Å²) in [5, 5.41) is 11.5. The topological polar surface area (TPSA) is 91.1 Å². The summed E-state index contributed by atoms with van der Waals surface area (Å²) >= 11 is 0. The van der Waals surface area contributed by atoms with Crippen LogP contribution in [-0.2, 0) is 16.1 Å². The zero-order valence-electron chi connectivity index (χ0n) is 15.2. The van der Waals surface area contributed by atoms with Crippen LogP contribution in [0.5, 0.6) is 5.75 Å². The van der Waals surface area contributed by atoms with Gasteiger partial charge in [0.25, 0.3) is 5.69 Å². The number of halogens is 1. The SMILES string of the molecule is COc1ccc(COC(=O)c2ccc(N3CCOCC3)c([N+](=O)[O-])c2)cc1F. The molecule has 0 unspecified atom stereocenters. The van der Waals surface area contributed by atoms with Crippen LogP contribution < -0.4 is 9.64 Å². The third-order valence-corrected chi connectivity index (χ3v) is 4.35. The van der Waals surface area contributed by atoms with Crippen LogP contribution >= 0.6 is 0 Å². The van der Waals surface area contributed by atoms with Crippen LogP contribution in [0.3, 0.4) is 0 Å². The fourth-order valence-corrected chi connectivity index (χ4v) is 2.90. The van der Waals surface area contributed by atoms with E-state index < -0.39 is 16.7 Å². The second kappa shape index (κ2) is 8.66. The minimum absolute atomic E-state index is 0.0534. The first-order chi connectivity index (χ1) is 13.5. The van der Waals surface area contributed by atoms with Gasteiger partial charge in [0.05, 0.1) is 30.8 Å². The summed E-state index contributed by atoms with van der Waals surface area (Å²) in [6.07, 6.45) is 0. The maximum Gasteiger partial charge on any atom is 0.338 e. The van der Waals surface area contributed by atoms with Crippen LogP contribution in [0.2, 0.25) is 0 Å². The van der Waals surface area contributed by atoms with E-state index in [0.717, 1.165) is 0 Å². The number of nitrogens with zero attached hydrogens (tertiary/aromatic N) is 2. The number of rotatable bonds is 6. The molecule has 0 saturated carbocycles. The van der Waals surface area contributed by atoms with Crippen LogP contribution in [-0.4, -0.2) is 44.3 Å². The third kappa shape index (κ3) is 4.37. The molecular formula is C19H19FN2O6. The van der Waals surface area contributed by atoms with Gasteiger partial charge in [0.2, 0.25) is 0 Å². The van der Waals surface area contributed by atoms with Gasteiger partial charge >= 0.3 is 5.97 Å². The van der Waals surface area contributed by atoms with Gasteiger partial charge in [-0.1, -0.05) is 6.07 Å². The number of ether oxygens (including phenoxy) is 3. The second-order valence-corrected chi connectivity index (χ2v) is 6.11. The van der Waals surface area contributed by atoms with Crippen LogP contribution in [0.15, 0.2) is 36.4 Å². The molecule has 1 aliphatic heterocycles. The first-order valence-corrected chi connectivity index (χ1v) is 8.60. The number of hydrogen-bond acceptors (Lipinski definition) is 7. The van der Waals surface area contributed by atoms with E-state index in [2.05, 4.69) is 0 Å². The molecule has 0 bridgehead atoms. The predicted molar refractivity (Wildman–Crippen MR) is 98.2 cm³/mol. The van der Waals surface area contributed by atoms with E-state index in [-0.39, 0.29) is 23.6 Å². The Morgan fingerprint density at radius 2 is 2.00 bits per heavy atom. The van der Waals surface area contributed by atoms with Crippen molar-refractivity contribution in [3.63, 3.8) is 0 Å². The molecule has 1 fully saturated rings. The average molecular weight is 390 g/mol. The van der Waals surface area contributed by atoms with Crippen LogP contribution in [0, 0.1) is 15.9 Å². The number of carbonyl (C=O) groups is 1. The number of morpholine rings is 1. The molecule has 9 heteroatoms. The number of methoxy groups -OCH3 is 1. The van der Waals surface area contributed by atoms with E-state index >= 15 is 0 Å². The Morgan fingerprint density at radius 3 is 2.64 bits per heavy atom. The molecule has 1 aliphatic rings. The first kappa shape index (κ1) is 19.6.